The van der Waals surface area contributed by atoms with Gasteiger partial charge >= 0.3 is 23.9 Å². The highest BCUT2D eigenvalue weighted by Crippen LogP contribution is 2.03. The predicted octanol–water partition coefficient (Wildman–Crippen LogP) is 0.615. The van der Waals surface area contributed by atoms with E-state index in [4.69, 9.17) is 10.2 Å². The summed E-state index contributed by atoms with van der Waals surface area (Å²) < 4.78 is 0. The van der Waals surface area contributed by atoms with Gasteiger partial charge in [-0.2, -0.15) is 0 Å². The van der Waals surface area contributed by atoms with Gasteiger partial charge in [-0.3, -0.25) is 4.79 Å². The summed E-state index contributed by atoms with van der Waals surface area (Å²) in [6.45, 7) is 4.85. The molecule has 0 aromatic rings. The van der Waals surface area contributed by atoms with Crippen LogP contribution in [0.3, 0.4) is 0 Å². The fraction of sp³-hybridized carbons (Fsp3) is 0.750. The van der Waals surface area contributed by atoms with Crippen molar-refractivity contribution >= 4 is 23.9 Å². The number of rotatable bonds is 14. The molecule has 0 radical (unpaired) electrons. The number of hydrogen-bond acceptors (Lipinski definition) is 5. The molecule has 0 rings (SSSR count). The minimum atomic E-state index is -1.40. The van der Waals surface area contributed by atoms with E-state index in [1.165, 1.54) is 0 Å². The van der Waals surface area contributed by atoms with Gasteiger partial charge < -0.3 is 31.3 Å². The third-order valence-electron chi connectivity index (χ3n) is 3.88. The Bertz CT molecular complexity index is 484. The lowest BCUT2D eigenvalue weighted by molar-refractivity contribution is -0.140. The van der Waals surface area contributed by atoms with Gasteiger partial charge in [-0.25, -0.2) is 14.4 Å². The van der Waals surface area contributed by atoms with Gasteiger partial charge in [0, 0.05) is 12.5 Å². The Labute approximate surface area is 152 Å². The number of hydrogen-bond donors (Lipinski definition) is 6. The van der Waals surface area contributed by atoms with E-state index >= 15 is 0 Å². The van der Waals surface area contributed by atoms with Gasteiger partial charge in [-0.05, 0) is 45.6 Å². The summed E-state index contributed by atoms with van der Waals surface area (Å²) in [4.78, 5) is 44.6. The van der Waals surface area contributed by atoms with Crippen LogP contribution in [0, 0.1) is 0 Å². The first-order valence-electron chi connectivity index (χ1n) is 8.65. The SMILES string of the molecule is CCC(C)NCCCC[C@H](NC(=O)N[C@H](CCC(=O)O)C(=O)O)C(=O)O. The van der Waals surface area contributed by atoms with Crippen molar-refractivity contribution in [3.8, 4) is 0 Å². The predicted molar refractivity (Wildman–Crippen MR) is 93.0 cm³/mol. The van der Waals surface area contributed by atoms with Gasteiger partial charge in [-0.15, -0.1) is 0 Å². The first-order chi connectivity index (χ1) is 12.2. The lowest BCUT2D eigenvalue weighted by Crippen LogP contribution is -2.51. The number of aliphatic carboxylic acids is 3. The summed E-state index contributed by atoms with van der Waals surface area (Å²) in [5.74, 6) is -3.79. The average molecular weight is 375 g/mol. The molecule has 0 saturated carbocycles. The van der Waals surface area contributed by atoms with E-state index < -0.39 is 42.4 Å². The van der Waals surface area contributed by atoms with E-state index in [2.05, 4.69) is 29.8 Å². The second-order valence-electron chi connectivity index (χ2n) is 6.09. The van der Waals surface area contributed by atoms with Crippen LogP contribution >= 0.6 is 0 Å². The van der Waals surface area contributed by atoms with E-state index in [-0.39, 0.29) is 12.8 Å². The maximum absolute atomic E-state index is 11.8. The number of amides is 2. The van der Waals surface area contributed by atoms with Crippen LogP contribution in [0.4, 0.5) is 4.79 Å². The van der Waals surface area contributed by atoms with Crippen molar-refractivity contribution in [1.82, 2.24) is 16.0 Å². The smallest absolute Gasteiger partial charge is 0.326 e. The van der Waals surface area contributed by atoms with Crippen molar-refractivity contribution in [1.29, 1.82) is 0 Å². The molecule has 0 aliphatic rings. The Morgan fingerprint density at radius 3 is 1.88 bits per heavy atom. The fourth-order valence-corrected chi connectivity index (χ4v) is 2.11. The first-order valence-corrected chi connectivity index (χ1v) is 8.65. The van der Waals surface area contributed by atoms with Crippen LogP contribution in [0.1, 0.15) is 52.4 Å². The lowest BCUT2D eigenvalue weighted by Gasteiger charge is -2.18. The summed E-state index contributed by atoms with van der Waals surface area (Å²) in [7, 11) is 0. The minimum absolute atomic E-state index is 0.206. The third-order valence-corrected chi connectivity index (χ3v) is 3.88. The molecular weight excluding hydrogens is 346 g/mol. The Kier molecular flexibility index (Phi) is 11.8. The number of urea groups is 1. The van der Waals surface area contributed by atoms with E-state index in [9.17, 15) is 24.3 Å². The zero-order chi connectivity index (χ0) is 20.1. The summed E-state index contributed by atoms with van der Waals surface area (Å²) in [6, 6.07) is -3.12. The summed E-state index contributed by atoms with van der Waals surface area (Å²) in [5.41, 5.74) is 0. The lowest BCUT2D eigenvalue weighted by atomic mass is 10.1. The summed E-state index contributed by atoms with van der Waals surface area (Å²) >= 11 is 0. The standard InChI is InChI=1S/C16H29N3O7/c1-3-10(2)17-9-5-4-6-11(14(22)23)18-16(26)19-12(15(24)25)7-8-13(20)21/h10-12,17H,3-9H2,1-2H3,(H,20,21)(H,22,23)(H,24,25)(H2,18,19,26)/t10?,11-,12+/m0/s1. The number of nitrogens with one attached hydrogen (secondary N) is 3. The van der Waals surface area contributed by atoms with Gasteiger partial charge in [0.1, 0.15) is 12.1 Å². The molecule has 0 fully saturated rings. The van der Waals surface area contributed by atoms with Crippen molar-refractivity contribution in [2.24, 2.45) is 0 Å². The van der Waals surface area contributed by atoms with Gasteiger partial charge in [0.15, 0.2) is 0 Å². The zero-order valence-electron chi connectivity index (χ0n) is 15.2. The van der Waals surface area contributed by atoms with Crippen LogP contribution in [-0.4, -0.2) is 63.9 Å². The van der Waals surface area contributed by atoms with Crippen LogP contribution < -0.4 is 16.0 Å². The molecule has 0 saturated heterocycles. The molecule has 0 aromatic carbocycles. The zero-order valence-corrected chi connectivity index (χ0v) is 15.2. The molecule has 0 spiro atoms. The first kappa shape index (κ1) is 23.6. The van der Waals surface area contributed by atoms with Gasteiger partial charge in [-0.1, -0.05) is 6.92 Å². The third kappa shape index (κ3) is 11.2. The van der Waals surface area contributed by atoms with Gasteiger partial charge in [0.2, 0.25) is 0 Å². The van der Waals surface area contributed by atoms with Crippen LogP contribution in [0.5, 0.6) is 0 Å². The van der Waals surface area contributed by atoms with Gasteiger partial charge in [0.25, 0.3) is 0 Å². The van der Waals surface area contributed by atoms with Crippen LogP contribution in [-0.2, 0) is 14.4 Å². The molecule has 10 nitrogen and oxygen atoms in total. The maximum atomic E-state index is 11.8. The molecule has 2 amide bonds. The number of carbonyl (C=O) groups excluding carboxylic acids is 1. The van der Waals surface area contributed by atoms with Crippen molar-refractivity contribution < 1.29 is 34.5 Å². The topological polar surface area (TPSA) is 165 Å². The largest absolute Gasteiger partial charge is 0.481 e. The normalized spacial score (nSPS) is 14.1. The molecular formula is C16H29N3O7. The van der Waals surface area contributed by atoms with Crippen LogP contribution in [0.2, 0.25) is 0 Å². The monoisotopic (exact) mass is 375 g/mol. The maximum Gasteiger partial charge on any atom is 0.326 e. The van der Waals surface area contributed by atoms with Crippen molar-refractivity contribution in [2.45, 2.75) is 70.5 Å². The van der Waals surface area contributed by atoms with Gasteiger partial charge in [0.05, 0.1) is 0 Å². The van der Waals surface area contributed by atoms with Crippen molar-refractivity contribution in [2.75, 3.05) is 6.54 Å². The molecule has 0 bridgehead atoms. The molecule has 6 N–H and O–H groups in total. The van der Waals surface area contributed by atoms with Crippen LogP contribution in [0.15, 0.2) is 0 Å². The van der Waals surface area contributed by atoms with Crippen LogP contribution in [0.25, 0.3) is 0 Å². The molecule has 1 unspecified atom stereocenters. The Hall–Kier alpha value is -2.36. The Morgan fingerprint density at radius 1 is 0.885 bits per heavy atom. The van der Waals surface area contributed by atoms with Crippen molar-refractivity contribution in [3.05, 3.63) is 0 Å². The highest BCUT2D eigenvalue weighted by molar-refractivity contribution is 5.86. The number of carboxylic acid groups (broad SMARTS) is 3. The van der Waals surface area contributed by atoms with E-state index in [0.717, 1.165) is 19.4 Å². The highest BCUT2D eigenvalue weighted by atomic mass is 16.4. The summed E-state index contributed by atoms with van der Waals surface area (Å²) in [5, 5.41) is 34.3. The molecule has 10 heteroatoms. The number of carboxylic acids is 3. The quantitative estimate of drug-likeness (QED) is 0.240. The Balaban J connectivity index is 4.37. The second kappa shape index (κ2) is 12.9. The van der Waals surface area contributed by atoms with E-state index in [1.54, 1.807) is 0 Å². The Morgan fingerprint density at radius 2 is 1.42 bits per heavy atom. The molecule has 0 aromatic heterocycles. The fourth-order valence-electron chi connectivity index (χ4n) is 2.11. The minimum Gasteiger partial charge on any atom is -0.481 e. The second-order valence-corrected chi connectivity index (χ2v) is 6.09. The molecule has 0 aliphatic heterocycles. The molecule has 3 atom stereocenters. The molecule has 0 aliphatic carbocycles. The van der Waals surface area contributed by atoms with Crippen molar-refractivity contribution in [3.63, 3.8) is 0 Å². The van der Waals surface area contributed by atoms with E-state index in [0.29, 0.717) is 12.5 Å². The number of carbonyl (C=O) groups is 4. The average Bonchev–Trinajstić information content (AvgIpc) is 2.56. The van der Waals surface area contributed by atoms with E-state index in [1.807, 2.05) is 0 Å². The molecule has 26 heavy (non-hydrogen) atoms. The number of unbranched alkanes of at least 4 members (excludes halogenated alkanes) is 1. The highest BCUT2D eigenvalue weighted by Gasteiger charge is 2.24. The summed E-state index contributed by atoms with van der Waals surface area (Å²) in [6.07, 6.45) is 1.79. The molecule has 150 valence electrons. The molecule has 0 heterocycles.